The zero-order chi connectivity index (χ0) is 10.8. The van der Waals surface area contributed by atoms with E-state index in [4.69, 9.17) is 10.5 Å². The van der Waals surface area contributed by atoms with Gasteiger partial charge in [0.15, 0.2) is 0 Å². The number of amides is 1. The van der Waals surface area contributed by atoms with Crippen LogP contribution in [0.15, 0.2) is 0 Å². The molecule has 0 aromatic rings. The average molecular weight is 202 g/mol. The highest BCUT2D eigenvalue weighted by atomic mass is 16.5. The summed E-state index contributed by atoms with van der Waals surface area (Å²) in [6, 6.07) is -0.364. The molecule has 0 saturated heterocycles. The van der Waals surface area contributed by atoms with Gasteiger partial charge >= 0.3 is 0 Å². The van der Waals surface area contributed by atoms with E-state index in [2.05, 4.69) is 12.2 Å². The Hall–Kier alpha value is -0.610. The number of hydrogen-bond acceptors (Lipinski definition) is 3. The summed E-state index contributed by atoms with van der Waals surface area (Å²) in [5, 5.41) is 2.74. The number of carbonyl (C=O) groups excluding carboxylic acids is 1. The molecule has 1 atom stereocenters. The van der Waals surface area contributed by atoms with Gasteiger partial charge in [0.25, 0.3) is 0 Å². The molecular formula is C10H22N2O2. The van der Waals surface area contributed by atoms with E-state index in [9.17, 15) is 4.79 Å². The van der Waals surface area contributed by atoms with Crippen molar-refractivity contribution in [3.8, 4) is 0 Å². The first-order chi connectivity index (χ1) is 6.72. The number of ether oxygens (including phenoxy) is 1. The molecule has 4 nitrogen and oxygen atoms in total. The molecule has 0 aliphatic heterocycles. The Labute approximate surface area is 86.2 Å². The van der Waals surface area contributed by atoms with Crippen molar-refractivity contribution >= 4 is 5.91 Å². The number of nitrogens with two attached hydrogens (primary N) is 1. The molecule has 0 aliphatic rings. The molecule has 0 fully saturated rings. The molecule has 14 heavy (non-hydrogen) atoms. The molecule has 0 unspecified atom stereocenters. The number of rotatable bonds is 8. The molecule has 4 heteroatoms. The Morgan fingerprint density at radius 3 is 2.79 bits per heavy atom. The maximum Gasteiger partial charge on any atom is 0.236 e. The minimum absolute atomic E-state index is 0.0712. The Balaban J connectivity index is 3.42. The molecule has 0 rings (SSSR count). The van der Waals surface area contributed by atoms with Gasteiger partial charge in [-0.05, 0) is 13.3 Å². The monoisotopic (exact) mass is 202 g/mol. The normalized spacial score (nSPS) is 12.5. The lowest BCUT2D eigenvalue weighted by Gasteiger charge is -2.11. The first kappa shape index (κ1) is 13.4. The Morgan fingerprint density at radius 1 is 1.50 bits per heavy atom. The Kier molecular flexibility index (Phi) is 8.57. The molecule has 0 spiro atoms. The van der Waals surface area contributed by atoms with Crippen molar-refractivity contribution in [1.82, 2.24) is 5.32 Å². The van der Waals surface area contributed by atoms with Crippen molar-refractivity contribution in [2.45, 2.75) is 39.2 Å². The molecule has 0 heterocycles. The van der Waals surface area contributed by atoms with E-state index in [1.54, 1.807) is 0 Å². The van der Waals surface area contributed by atoms with Crippen LogP contribution in [0.2, 0.25) is 0 Å². The second kappa shape index (κ2) is 8.97. The second-order valence-electron chi connectivity index (χ2n) is 3.24. The van der Waals surface area contributed by atoms with Crippen molar-refractivity contribution < 1.29 is 9.53 Å². The van der Waals surface area contributed by atoms with Gasteiger partial charge in [0.2, 0.25) is 5.91 Å². The summed E-state index contributed by atoms with van der Waals surface area (Å²) >= 11 is 0. The molecule has 0 aromatic heterocycles. The van der Waals surface area contributed by atoms with Crippen LogP contribution in [0.5, 0.6) is 0 Å². The summed E-state index contributed by atoms with van der Waals surface area (Å²) in [5.41, 5.74) is 5.67. The molecule has 3 N–H and O–H groups in total. The first-order valence-electron chi connectivity index (χ1n) is 5.33. The maximum atomic E-state index is 11.3. The van der Waals surface area contributed by atoms with Gasteiger partial charge in [-0.2, -0.15) is 0 Å². The van der Waals surface area contributed by atoms with Gasteiger partial charge in [-0.25, -0.2) is 0 Å². The summed E-state index contributed by atoms with van der Waals surface area (Å²) in [4.78, 5) is 11.3. The number of unbranched alkanes of at least 4 members (excludes halogenated alkanes) is 1. The fraction of sp³-hybridized carbons (Fsp3) is 0.900. The lowest BCUT2D eigenvalue weighted by atomic mass is 10.1. The van der Waals surface area contributed by atoms with Crippen LogP contribution in [-0.2, 0) is 9.53 Å². The SMILES string of the molecule is CCCC[C@H](N)C(=O)NCCOCC. The fourth-order valence-electron chi connectivity index (χ4n) is 1.08. The number of carbonyl (C=O) groups is 1. The van der Waals surface area contributed by atoms with Crippen molar-refractivity contribution in [2.75, 3.05) is 19.8 Å². The molecule has 0 aromatic carbocycles. The highest BCUT2D eigenvalue weighted by molar-refractivity contribution is 5.81. The zero-order valence-corrected chi connectivity index (χ0v) is 9.21. The highest BCUT2D eigenvalue weighted by Crippen LogP contribution is 1.97. The zero-order valence-electron chi connectivity index (χ0n) is 9.21. The second-order valence-corrected chi connectivity index (χ2v) is 3.24. The maximum absolute atomic E-state index is 11.3. The fourth-order valence-corrected chi connectivity index (χ4v) is 1.08. The van der Waals surface area contributed by atoms with Crippen LogP contribution >= 0.6 is 0 Å². The average Bonchev–Trinajstić information content (AvgIpc) is 2.20. The van der Waals surface area contributed by atoms with E-state index in [0.29, 0.717) is 19.8 Å². The third kappa shape index (κ3) is 6.86. The van der Waals surface area contributed by atoms with Crippen LogP contribution in [0.25, 0.3) is 0 Å². The Bertz CT molecular complexity index is 151. The van der Waals surface area contributed by atoms with Crippen LogP contribution in [0.1, 0.15) is 33.1 Å². The molecule has 0 radical (unpaired) electrons. The molecule has 0 aliphatic carbocycles. The van der Waals surface area contributed by atoms with Gasteiger partial charge in [0, 0.05) is 13.2 Å². The van der Waals surface area contributed by atoms with Gasteiger partial charge in [-0.3, -0.25) is 4.79 Å². The number of hydrogen-bond donors (Lipinski definition) is 2. The smallest absolute Gasteiger partial charge is 0.236 e. The van der Waals surface area contributed by atoms with E-state index < -0.39 is 0 Å². The largest absolute Gasteiger partial charge is 0.380 e. The summed E-state index contributed by atoms with van der Waals surface area (Å²) in [7, 11) is 0. The molecule has 0 bridgehead atoms. The van der Waals surface area contributed by atoms with E-state index in [1.807, 2.05) is 6.92 Å². The summed E-state index contributed by atoms with van der Waals surface area (Å²) < 4.78 is 5.09. The Morgan fingerprint density at radius 2 is 2.21 bits per heavy atom. The molecule has 1 amide bonds. The van der Waals surface area contributed by atoms with Crippen LogP contribution < -0.4 is 11.1 Å². The standard InChI is InChI=1S/C10H22N2O2/c1-3-5-6-9(11)10(13)12-7-8-14-4-2/h9H,3-8,11H2,1-2H3,(H,12,13)/t9-/m0/s1. The summed E-state index contributed by atoms with van der Waals surface area (Å²) in [6.45, 7) is 5.79. The third-order valence-corrected chi connectivity index (χ3v) is 1.96. The van der Waals surface area contributed by atoms with Crippen LogP contribution in [-0.4, -0.2) is 31.7 Å². The van der Waals surface area contributed by atoms with E-state index >= 15 is 0 Å². The molecule has 84 valence electrons. The van der Waals surface area contributed by atoms with Crippen LogP contribution in [0, 0.1) is 0 Å². The summed E-state index contributed by atoms with van der Waals surface area (Å²) in [6.07, 6.45) is 2.83. The van der Waals surface area contributed by atoms with Crippen molar-refractivity contribution in [1.29, 1.82) is 0 Å². The number of nitrogens with one attached hydrogen (secondary N) is 1. The highest BCUT2D eigenvalue weighted by Gasteiger charge is 2.11. The predicted octanol–water partition coefficient (Wildman–Crippen LogP) is 0.657. The van der Waals surface area contributed by atoms with Gasteiger partial charge < -0.3 is 15.8 Å². The minimum Gasteiger partial charge on any atom is -0.380 e. The minimum atomic E-state index is -0.364. The van der Waals surface area contributed by atoms with Gasteiger partial charge in [-0.1, -0.05) is 19.8 Å². The third-order valence-electron chi connectivity index (χ3n) is 1.96. The van der Waals surface area contributed by atoms with Crippen molar-refractivity contribution in [3.05, 3.63) is 0 Å². The van der Waals surface area contributed by atoms with Gasteiger partial charge in [0.1, 0.15) is 0 Å². The van der Waals surface area contributed by atoms with Crippen LogP contribution in [0.3, 0.4) is 0 Å². The first-order valence-corrected chi connectivity index (χ1v) is 5.33. The van der Waals surface area contributed by atoms with Crippen molar-refractivity contribution in [3.63, 3.8) is 0 Å². The van der Waals surface area contributed by atoms with Gasteiger partial charge in [-0.15, -0.1) is 0 Å². The van der Waals surface area contributed by atoms with Crippen molar-refractivity contribution in [2.24, 2.45) is 5.73 Å². The lowest BCUT2D eigenvalue weighted by molar-refractivity contribution is -0.122. The predicted molar refractivity (Wildman–Crippen MR) is 57.0 cm³/mol. The summed E-state index contributed by atoms with van der Waals surface area (Å²) in [5.74, 6) is -0.0712. The van der Waals surface area contributed by atoms with E-state index in [1.165, 1.54) is 0 Å². The van der Waals surface area contributed by atoms with Crippen LogP contribution in [0.4, 0.5) is 0 Å². The lowest BCUT2D eigenvalue weighted by Crippen LogP contribution is -2.41. The molecule has 0 saturated carbocycles. The van der Waals surface area contributed by atoms with E-state index in [0.717, 1.165) is 19.3 Å². The molecular weight excluding hydrogens is 180 g/mol. The topological polar surface area (TPSA) is 64.4 Å². The van der Waals surface area contributed by atoms with Gasteiger partial charge in [0.05, 0.1) is 12.6 Å². The quantitative estimate of drug-likeness (QED) is 0.568. The van der Waals surface area contributed by atoms with E-state index in [-0.39, 0.29) is 11.9 Å².